The van der Waals surface area contributed by atoms with Crippen molar-refractivity contribution in [3.05, 3.63) is 35.2 Å². The van der Waals surface area contributed by atoms with Gasteiger partial charge in [-0.15, -0.1) is 0 Å². The van der Waals surface area contributed by atoms with Crippen molar-refractivity contribution < 1.29 is 0 Å². The first kappa shape index (κ1) is 9.66. The molecule has 1 saturated carbocycles. The van der Waals surface area contributed by atoms with Crippen LogP contribution in [0, 0.1) is 0 Å². The quantitative estimate of drug-likeness (QED) is 0.812. The van der Waals surface area contributed by atoms with E-state index < -0.39 is 0 Å². The van der Waals surface area contributed by atoms with Crippen molar-refractivity contribution in [2.24, 2.45) is 0 Å². The summed E-state index contributed by atoms with van der Waals surface area (Å²) in [7, 11) is 0. The fraction of sp³-hybridized carbons (Fsp3) is 0.273. The largest absolute Gasteiger partial charge is 0.399 e. The van der Waals surface area contributed by atoms with Gasteiger partial charge >= 0.3 is 0 Å². The molecule has 0 spiro atoms. The summed E-state index contributed by atoms with van der Waals surface area (Å²) in [6.45, 7) is 0. The standard InChI is InChI=1S/C11H11ClN4/c12-10-5-8(13)6-11(14-10)16-4-3-9(15-16)7-1-2-7/h3-7H,1-2H2,(H2,13,14). The lowest BCUT2D eigenvalue weighted by Gasteiger charge is -2.02. The fourth-order valence-corrected chi connectivity index (χ4v) is 1.89. The Kier molecular flexibility index (Phi) is 2.11. The van der Waals surface area contributed by atoms with Gasteiger partial charge in [0.2, 0.25) is 0 Å². The second-order valence-corrected chi connectivity index (χ2v) is 4.43. The van der Waals surface area contributed by atoms with Crippen LogP contribution in [0.15, 0.2) is 24.4 Å². The molecule has 0 amide bonds. The van der Waals surface area contributed by atoms with Crippen molar-refractivity contribution >= 4 is 17.3 Å². The summed E-state index contributed by atoms with van der Waals surface area (Å²) in [5, 5.41) is 4.85. The highest BCUT2D eigenvalue weighted by atomic mass is 35.5. The molecular formula is C11H11ClN4. The molecule has 2 N–H and O–H groups in total. The van der Waals surface area contributed by atoms with Crippen LogP contribution in [0.1, 0.15) is 24.5 Å². The zero-order chi connectivity index (χ0) is 11.1. The van der Waals surface area contributed by atoms with Crippen molar-refractivity contribution in [3.8, 4) is 5.82 Å². The Morgan fingerprint density at radius 2 is 2.19 bits per heavy atom. The lowest BCUT2D eigenvalue weighted by atomic mass is 10.3. The van der Waals surface area contributed by atoms with Gasteiger partial charge in [-0.25, -0.2) is 9.67 Å². The van der Waals surface area contributed by atoms with Gasteiger partial charge in [-0.1, -0.05) is 11.6 Å². The summed E-state index contributed by atoms with van der Waals surface area (Å²) in [4.78, 5) is 4.18. The maximum atomic E-state index is 5.85. The van der Waals surface area contributed by atoms with Gasteiger partial charge in [0.15, 0.2) is 5.82 Å². The summed E-state index contributed by atoms with van der Waals surface area (Å²) < 4.78 is 1.72. The smallest absolute Gasteiger partial charge is 0.157 e. The number of nitrogen functional groups attached to an aromatic ring is 1. The molecule has 1 fully saturated rings. The van der Waals surface area contributed by atoms with Crippen molar-refractivity contribution in [2.45, 2.75) is 18.8 Å². The molecule has 1 aliphatic rings. The molecule has 4 nitrogen and oxygen atoms in total. The number of rotatable bonds is 2. The summed E-state index contributed by atoms with van der Waals surface area (Å²) in [5.74, 6) is 1.30. The number of halogens is 1. The zero-order valence-corrected chi connectivity index (χ0v) is 9.35. The highest BCUT2D eigenvalue weighted by Gasteiger charge is 2.25. The van der Waals surface area contributed by atoms with Gasteiger partial charge in [-0.2, -0.15) is 5.10 Å². The molecule has 2 aromatic heterocycles. The third-order valence-electron chi connectivity index (χ3n) is 2.64. The van der Waals surface area contributed by atoms with Gasteiger partial charge in [0.05, 0.1) is 5.69 Å². The van der Waals surface area contributed by atoms with Gasteiger partial charge in [0, 0.05) is 23.9 Å². The van der Waals surface area contributed by atoms with E-state index in [1.165, 1.54) is 12.8 Å². The van der Waals surface area contributed by atoms with E-state index in [-0.39, 0.29) is 0 Å². The lowest BCUT2D eigenvalue weighted by Crippen LogP contribution is -2.00. The Morgan fingerprint density at radius 1 is 1.38 bits per heavy atom. The van der Waals surface area contributed by atoms with E-state index in [2.05, 4.69) is 10.1 Å². The molecule has 0 bridgehead atoms. The lowest BCUT2D eigenvalue weighted by molar-refractivity contribution is 0.813. The van der Waals surface area contributed by atoms with Gasteiger partial charge in [-0.05, 0) is 25.0 Å². The molecule has 1 aliphatic carbocycles. The molecule has 16 heavy (non-hydrogen) atoms. The van der Waals surface area contributed by atoms with E-state index in [4.69, 9.17) is 17.3 Å². The predicted molar refractivity (Wildman–Crippen MR) is 62.8 cm³/mol. The zero-order valence-electron chi connectivity index (χ0n) is 8.60. The predicted octanol–water partition coefficient (Wildman–Crippen LogP) is 2.38. The van der Waals surface area contributed by atoms with Crippen molar-refractivity contribution in [1.82, 2.24) is 14.8 Å². The maximum absolute atomic E-state index is 5.85. The first-order valence-electron chi connectivity index (χ1n) is 5.21. The molecule has 2 aromatic rings. The number of hydrogen-bond acceptors (Lipinski definition) is 3. The summed E-state index contributed by atoms with van der Waals surface area (Å²) in [6, 6.07) is 5.41. The summed E-state index contributed by atoms with van der Waals surface area (Å²) >= 11 is 5.85. The molecule has 0 aliphatic heterocycles. The number of pyridine rings is 1. The van der Waals surface area contributed by atoms with E-state index in [0.717, 1.165) is 5.69 Å². The van der Waals surface area contributed by atoms with E-state index in [1.807, 2.05) is 12.3 Å². The molecule has 0 aromatic carbocycles. The fourth-order valence-electron chi connectivity index (χ4n) is 1.68. The first-order chi connectivity index (χ1) is 7.72. The minimum atomic E-state index is 0.387. The van der Waals surface area contributed by atoms with Crippen molar-refractivity contribution in [1.29, 1.82) is 0 Å². The van der Waals surface area contributed by atoms with Crippen LogP contribution in [0.2, 0.25) is 5.15 Å². The highest BCUT2D eigenvalue weighted by Crippen LogP contribution is 2.39. The average molecular weight is 235 g/mol. The summed E-state index contributed by atoms with van der Waals surface area (Å²) in [5.41, 5.74) is 7.43. The second kappa shape index (κ2) is 3.49. The average Bonchev–Trinajstić information content (AvgIpc) is 2.95. The highest BCUT2D eigenvalue weighted by molar-refractivity contribution is 6.29. The van der Waals surface area contributed by atoms with Gasteiger partial charge in [0.1, 0.15) is 5.15 Å². The van der Waals surface area contributed by atoms with Crippen molar-refractivity contribution in [2.75, 3.05) is 5.73 Å². The Balaban J connectivity index is 2.00. The van der Waals surface area contributed by atoms with Crippen LogP contribution in [0.25, 0.3) is 5.82 Å². The normalized spacial score (nSPS) is 15.3. The number of anilines is 1. The van der Waals surface area contributed by atoms with E-state index >= 15 is 0 Å². The molecule has 3 rings (SSSR count). The molecule has 0 radical (unpaired) electrons. The minimum Gasteiger partial charge on any atom is -0.399 e. The molecule has 2 heterocycles. The van der Waals surface area contributed by atoms with E-state index in [9.17, 15) is 0 Å². The molecule has 0 saturated heterocycles. The second-order valence-electron chi connectivity index (χ2n) is 4.04. The number of aromatic nitrogens is 3. The monoisotopic (exact) mass is 234 g/mol. The Labute approximate surface area is 98.0 Å². The molecule has 0 unspecified atom stereocenters. The van der Waals surface area contributed by atoms with Crippen LogP contribution in [-0.2, 0) is 0 Å². The van der Waals surface area contributed by atoms with Gasteiger partial charge < -0.3 is 5.73 Å². The van der Waals surface area contributed by atoms with E-state index in [1.54, 1.807) is 16.8 Å². The van der Waals surface area contributed by atoms with Gasteiger partial charge in [0.25, 0.3) is 0 Å². The van der Waals surface area contributed by atoms with Crippen LogP contribution in [0.3, 0.4) is 0 Å². The number of nitrogens with zero attached hydrogens (tertiary/aromatic N) is 3. The molecule has 0 atom stereocenters. The molecular weight excluding hydrogens is 224 g/mol. The van der Waals surface area contributed by atoms with Crippen molar-refractivity contribution in [3.63, 3.8) is 0 Å². The maximum Gasteiger partial charge on any atom is 0.157 e. The third-order valence-corrected chi connectivity index (χ3v) is 2.84. The first-order valence-corrected chi connectivity index (χ1v) is 5.59. The Bertz CT molecular complexity index is 510. The van der Waals surface area contributed by atoms with Crippen LogP contribution < -0.4 is 5.73 Å². The van der Waals surface area contributed by atoms with Crippen LogP contribution >= 0.6 is 11.6 Å². The van der Waals surface area contributed by atoms with Gasteiger partial charge in [-0.3, -0.25) is 0 Å². The Morgan fingerprint density at radius 3 is 2.88 bits per heavy atom. The number of hydrogen-bond donors (Lipinski definition) is 1. The van der Waals surface area contributed by atoms with Crippen LogP contribution in [-0.4, -0.2) is 14.8 Å². The van der Waals surface area contributed by atoms with E-state index in [0.29, 0.717) is 22.6 Å². The minimum absolute atomic E-state index is 0.387. The Hall–Kier alpha value is -1.55. The van der Waals surface area contributed by atoms with Crippen LogP contribution in [0.4, 0.5) is 5.69 Å². The molecule has 5 heteroatoms. The summed E-state index contributed by atoms with van der Waals surface area (Å²) in [6.07, 6.45) is 4.37. The van der Waals surface area contributed by atoms with Crippen LogP contribution in [0.5, 0.6) is 0 Å². The molecule has 82 valence electrons. The third kappa shape index (κ3) is 1.76. The topological polar surface area (TPSA) is 56.7 Å². The number of nitrogens with two attached hydrogens (primary N) is 1. The SMILES string of the molecule is Nc1cc(Cl)nc(-n2ccc(C3CC3)n2)c1.